The molecule has 2 aliphatic heterocycles. The number of aliphatic hydroxyl groups is 1. The van der Waals surface area contributed by atoms with Crippen LogP contribution in [0.4, 0.5) is 4.79 Å². The van der Waals surface area contributed by atoms with Gasteiger partial charge in [0.25, 0.3) is 0 Å². The van der Waals surface area contributed by atoms with Gasteiger partial charge in [-0.05, 0) is 26.3 Å². The lowest BCUT2D eigenvalue weighted by Gasteiger charge is -2.41. The highest BCUT2D eigenvalue weighted by Gasteiger charge is 2.49. The molecule has 7 nitrogen and oxygen atoms in total. The summed E-state index contributed by atoms with van der Waals surface area (Å²) in [6, 6.07) is 9.64. The molecule has 2 aliphatic rings. The van der Waals surface area contributed by atoms with Crippen LogP contribution in [0.1, 0.15) is 33.3 Å². The standard InChI is InChI=1S/C23H32N2O5S/c1-6-12-25(22(27)30-23(3,4)5)21-24-18-19(28-14-16-10-8-7-9-11-16)15(2)17(13-26)29-20(18)31-21/h6-11,15,17-20,26H,1,12-14H2,2-5H3/t15-,17-,18-,19+,20-/m1/s1. The average molecular weight is 449 g/mol. The van der Waals surface area contributed by atoms with Crippen molar-refractivity contribution in [3.8, 4) is 0 Å². The van der Waals surface area contributed by atoms with Crippen molar-refractivity contribution >= 4 is 23.0 Å². The summed E-state index contributed by atoms with van der Waals surface area (Å²) in [7, 11) is 0. The van der Waals surface area contributed by atoms with E-state index in [1.165, 1.54) is 16.7 Å². The van der Waals surface area contributed by atoms with E-state index in [4.69, 9.17) is 19.2 Å². The van der Waals surface area contributed by atoms with Crippen molar-refractivity contribution in [3.05, 3.63) is 48.6 Å². The summed E-state index contributed by atoms with van der Waals surface area (Å²) in [5, 5.41) is 10.4. The van der Waals surface area contributed by atoms with Crippen LogP contribution >= 0.6 is 11.8 Å². The van der Waals surface area contributed by atoms with Crippen LogP contribution in [0.2, 0.25) is 0 Å². The minimum absolute atomic E-state index is 0.0620. The number of hydrogen-bond acceptors (Lipinski definition) is 7. The molecule has 2 heterocycles. The zero-order valence-corrected chi connectivity index (χ0v) is 19.4. The van der Waals surface area contributed by atoms with Gasteiger partial charge in [-0.1, -0.05) is 55.1 Å². The van der Waals surface area contributed by atoms with Crippen molar-refractivity contribution < 1.29 is 24.1 Å². The Morgan fingerprint density at radius 2 is 2.06 bits per heavy atom. The molecule has 8 heteroatoms. The Morgan fingerprint density at radius 1 is 1.35 bits per heavy atom. The van der Waals surface area contributed by atoms with E-state index in [-0.39, 0.29) is 42.8 Å². The fraction of sp³-hybridized carbons (Fsp3) is 0.565. The third-order valence-corrected chi connectivity index (χ3v) is 6.29. The minimum Gasteiger partial charge on any atom is -0.443 e. The number of benzene rings is 1. The second-order valence-corrected chi connectivity index (χ2v) is 9.81. The molecule has 0 spiro atoms. The number of carbonyl (C=O) groups is 1. The van der Waals surface area contributed by atoms with Gasteiger partial charge in [-0.3, -0.25) is 9.89 Å². The van der Waals surface area contributed by atoms with Gasteiger partial charge in [0, 0.05) is 12.5 Å². The summed E-state index contributed by atoms with van der Waals surface area (Å²) in [6.45, 7) is 11.8. The molecule has 1 aromatic rings. The second-order valence-electron chi connectivity index (χ2n) is 8.75. The van der Waals surface area contributed by atoms with Gasteiger partial charge in [0.1, 0.15) is 17.1 Å². The Hall–Kier alpha value is -1.87. The lowest BCUT2D eigenvalue weighted by Crippen LogP contribution is -2.52. The van der Waals surface area contributed by atoms with Gasteiger partial charge in [-0.15, -0.1) is 6.58 Å². The van der Waals surface area contributed by atoms with Gasteiger partial charge in [-0.2, -0.15) is 0 Å². The van der Waals surface area contributed by atoms with E-state index in [0.717, 1.165) is 5.56 Å². The molecular weight excluding hydrogens is 416 g/mol. The summed E-state index contributed by atoms with van der Waals surface area (Å²) >= 11 is 1.36. The number of carbonyl (C=O) groups excluding carboxylic acids is 1. The van der Waals surface area contributed by atoms with Crippen molar-refractivity contribution in [3.63, 3.8) is 0 Å². The maximum atomic E-state index is 12.8. The van der Waals surface area contributed by atoms with Gasteiger partial charge < -0.3 is 19.3 Å². The predicted octanol–water partition coefficient (Wildman–Crippen LogP) is 3.82. The highest BCUT2D eigenvalue weighted by molar-refractivity contribution is 8.14. The molecule has 31 heavy (non-hydrogen) atoms. The fourth-order valence-corrected chi connectivity index (χ4v) is 4.80. The van der Waals surface area contributed by atoms with Crippen LogP contribution in [-0.4, -0.2) is 63.7 Å². The summed E-state index contributed by atoms with van der Waals surface area (Å²) < 4.78 is 17.9. The van der Waals surface area contributed by atoms with Crippen LogP contribution in [0.3, 0.4) is 0 Å². The van der Waals surface area contributed by atoms with Gasteiger partial charge in [-0.25, -0.2) is 4.79 Å². The second kappa shape index (κ2) is 10.2. The van der Waals surface area contributed by atoms with E-state index in [1.807, 2.05) is 58.0 Å². The van der Waals surface area contributed by atoms with Crippen LogP contribution in [0.25, 0.3) is 0 Å². The van der Waals surface area contributed by atoms with Crippen LogP contribution in [0, 0.1) is 5.92 Å². The summed E-state index contributed by atoms with van der Waals surface area (Å²) in [5.74, 6) is -0.0620. The number of ether oxygens (including phenoxy) is 3. The molecule has 1 fully saturated rings. The van der Waals surface area contributed by atoms with Crippen molar-refractivity contribution in [2.75, 3.05) is 13.2 Å². The van der Waals surface area contributed by atoms with Gasteiger partial charge in [0.2, 0.25) is 0 Å². The SMILES string of the molecule is C=CCN(C(=O)OC(C)(C)C)C1=N[C@@H]2[C@@H](OCc3ccccc3)[C@H](C)[C@@H](CO)O[C@@H]2S1. The zero-order chi connectivity index (χ0) is 22.6. The molecule has 0 unspecified atom stereocenters. The average Bonchev–Trinajstić information content (AvgIpc) is 3.13. The van der Waals surface area contributed by atoms with Crippen LogP contribution in [0.5, 0.6) is 0 Å². The number of aliphatic hydroxyl groups excluding tert-OH is 1. The Labute approximate surface area is 188 Å². The molecule has 170 valence electrons. The molecule has 1 saturated heterocycles. The molecule has 1 N–H and O–H groups in total. The Kier molecular flexibility index (Phi) is 7.80. The lowest BCUT2D eigenvalue weighted by atomic mass is 9.90. The van der Waals surface area contributed by atoms with Crippen molar-refractivity contribution in [2.24, 2.45) is 10.9 Å². The first-order valence-corrected chi connectivity index (χ1v) is 11.4. The highest BCUT2D eigenvalue weighted by atomic mass is 32.2. The first-order chi connectivity index (χ1) is 14.7. The monoisotopic (exact) mass is 448 g/mol. The minimum atomic E-state index is -0.624. The summed E-state index contributed by atoms with van der Waals surface area (Å²) in [6.07, 6.45) is 0.535. The zero-order valence-electron chi connectivity index (χ0n) is 18.6. The van der Waals surface area contributed by atoms with Crippen LogP contribution < -0.4 is 0 Å². The number of thioether (sulfide) groups is 1. The number of amidine groups is 1. The maximum Gasteiger partial charge on any atom is 0.416 e. The summed E-state index contributed by atoms with van der Waals surface area (Å²) in [4.78, 5) is 19.1. The molecule has 0 saturated carbocycles. The number of aliphatic imine (C=N–C) groups is 1. The van der Waals surface area contributed by atoms with E-state index in [2.05, 4.69) is 6.58 Å². The first-order valence-electron chi connectivity index (χ1n) is 10.5. The summed E-state index contributed by atoms with van der Waals surface area (Å²) in [5.41, 5.74) is 0.0931. The first kappa shape index (κ1) is 23.8. The smallest absolute Gasteiger partial charge is 0.416 e. The van der Waals surface area contributed by atoms with E-state index >= 15 is 0 Å². The molecule has 0 aliphatic carbocycles. The normalized spacial score (nSPS) is 27.9. The largest absolute Gasteiger partial charge is 0.443 e. The third kappa shape index (κ3) is 5.88. The van der Waals surface area contributed by atoms with Crippen molar-refractivity contribution in [2.45, 2.75) is 63.6 Å². The molecule has 1 aromatic carbocycles. The molecule has 0 bridgehead atoms. The number of fused-ring (bicyclic) bond motifs is 1. The van der Waals surface area contributed by atoms with E-state index < -0.39 is 11.7 Å². The van der Waals surface area contributed by atoms with Crippen LogP contribution in [-0.2, 0) is 20.8 Å². The molecule has 5 atom stereocenters. The Morgan fingerprint density at radius 3 is 2.68 bits per heavy atom. The van der Waals surface area contributed by atoms with Gasteiger partial charge in [0.05, 0.1) is 25.4 Å². The van der Waals surface area contributed by atoms with Gasteiger partial charge >= 0.3 is 6.09 Å². The fourth-order valence-electron chi connectivity index (χ4n) is 3.58. The molecular formula is C23H32N2O5S. The van der Waals surface area contributed by atoms with E-state index in [0.29, 0.717) is 11.8 Å². The van der Waals surface area contributed by atoms with Crippen molar-refractivity contribution in [1.29, 1.82) is 0 Å². The number of amides is 1. The maximum absolute atomic E-state index is 12.8. The van der Waals surface area contributed by atoms with E-state index in [1.54, 1.807) is 6.08 Å². The predicted molar refractivity (Wildman–Crippen MR) is 122 cm³/mol. The topological polar surface area (TPSA) is 80.6 Å². The molecule has 0 aromatic heterocycles. The highest BCUT2D eigenvalue weighted by Crippen LogP contribution is 2.41. The van der Waals surface area contributed by atoms with Crippen molar-refractivity contribution in [1.82, 2.24) is 4.90 Å². The van der Waals surface area contributed by atoms with Gasteiger partial charge in [0.15, 0.2) is 5.17 Å². The van der Waals surface area contributed by atoms with Crippen LogP contribution in [0.15, 0.2) is 48.0 Å². The number of rotatable bonds is 6. The third-order valence-electron chi connectivity index (χ3n) is 5.13. The Bertz CT molecular complexity index is 795. The molecule has 0 radical (unpaired) electrons. The lowest BCUT2D eigenvalue weighted by molar-refractivity contribution is -0.148. The number of hydrogen-bond donors (Lipinski definition) is 1. The molecule has 1 amide bonds. The molecule has 3 rings (SSSR count). The quantitative estimate of drug-likeness (QED) is 0.667. The van der Waals surface area contributed by atoms with E-state index in [9.17, 15) is 9.90 Å². The number of nitrogens with zero attached hydrogens (tertiary/aromatic N) is 2. The Balaban J connectivity index is 1.81.